The molecule has 0 saturated heterocycles. The van der Waals surface area contributed by atoms with Gasteiger partial charge in [-0.05, 0) is 30.3 Å². The van der Waals surface area contributed by atoms with Crippen LogP contribution in [0.5, 0.6) is 0 Å². The van der Waals surface area contributed by atoms with Gasteiger partial charge in [0.25, 0.3) is 5.91 Å². The molecular weight excluding hydrogens is 236 g/mol. The Morgan fingerprint density at radius 3 is 2.93 bits per heavy atom. The van der Waals surface area contributed by atoms with Crippen molar-refractivity contribution in [1.82, 2.24) is 14.9 Å². The van der Waals surface area contributed by atoms with Crippen molar-refractivity contribution in [3.05, 3.63) is 11.1 Å². The monoisotopic (exact) mass is 248 g/mol. The average molecular weight is 249 g/mol. The Hall–Kier alpha value is -0.720. The first-order chi connectivity index (χ1) is 6.81. The molecule has 0 aromatic carbocycles. The third-order valence-electron chi connectivity index (χ3n) is 2.35. The summed E-state index contributed by atoms with van der Waals surface area (Å²) in [5.41, 5.74) is 5.95. The molecule has 15 heavy (non-hydrogen) atoms. The lowest BCUT2D eigenvalue weighted by molar-refractivity contribution is 0.0928. The van der Waals surface area contributed by atoms with Crippen LogP contribution in [-0.4, -0.2) is 28.1 Å². The number of rotatable bonds is 4. The molecule has 1 atom stereocenters. The zero-order valence-electron chi connectivity index (χ0n) is 8.05. The summed E-state index contributed by atoms with van der Waals surface area (Å²) in [6, 6.07) is 0.101. The van der Waals surface area contributed by atoms with Gasteiger partial charge in [0.1, 0.15) is 0 Å². The van der Waals surface area contributed by atoms with Gasteiger partial charge in [-0.25, -0.2) is 0 Å². The second-order valence-electron chi connectivity index (χ2n) is 3.44. The summed E-state index contributed by atoms with van der Waals surface area (Å²) >= 11 is 1.17. The van der Waals surface area contributed by atoms with Crippen LogP contribution in [0.4, 0.5) is 0 Å². The molecule has 1 saturated carbocycles. The Bertz CT molecular complexity index is 314. The fraction of sp³-hybridized carbons (Fsp3) is 0.625. The molecule has 1 aliphatic rings. The van der Waals surface area contributed by atoms with E-state index in [9.17, 15) is 4.79 Å². The molecule has 84 valence electrons. The summed E-state index contributed by atoms with van der Waals surface area (Å²) < 4.78 is 3.64. The van der Waals surface area contributed by atoms with E-state index < -0.39 is 0 Å². The lowest BCUT2D eigenvalue weighted by Gasteiger charge is -2.14. The van der Waals surface area contributed by atoms with Gasteiger partial charge in [-0.1, -0.05) is 4.49 Å². The van der Waals surface area contributed by atoms with Gasteiger partial charge in [-0.15, -0.1) is 17.5 Å². The number of carbonyl (C=O) groups is 1. The number of carbonyl (C=O) groups excluding carboxylic acids is 1. The molecule has 1 fully saturated rings. The van der Waals surface area contributed by atoms with E-state index in [1.807, 2.05) is 0 Å². The van der Waals surface area contributed by atoms with Gasteiger partial charge in [-0.3, -0.25) is 4.79 Å². The summed E-state index contributed by atoms with van der Waals surface area (Å²) in [6.07, 6.45) is 2.33. The van der Waals surface area contributed by atoms with Crippen molar-refractivity contribution in [2.75, 3.05) is 6.54 Å². The fourth-order valence-electron chi connectivity index (χ4n) is 1.37. The smallest absolute Gasteiger partial charge is 0.273 e. The van der Waals surface area contributed by atoms with Crippen molar-refractivity contribution in [2.24, 2.45) is 11.7 Å². The van der Waals surface area contributed by atoms with Crippen LogP contribution in [0.2, 0.25) is 0 Å². The minimum absolute atomic E-state index is 0. The van der Waals surface area contributed by atoms with E-state index in [0.717, 1.165) is 12.8 Å². The summed E-state index contributed by atoms with van der Waals surface area (Å²) in [5, 5.41) is 8.20. The van der Waals surface area contributed by atoms with Gasteiger partial charge in [0.2, 0.25) is 0 Å². The Kier molecular flexibility index (Phi) is 4.44. The minimum Gasteiger partial charge on any atom is -0.346 e. The largest absolute Gasteiger partial charge is 0.346 e. The van der Waals surface area contributed by atoms with Gasteiger partial charge in [0, 0.05) is 18.0 Å². The Balaban J connectivity index is 0.00000112. The number of halogens is 1. The molecule has 3 N–H and O–H groups in total. The molecule has 1 aromatic heterocycles. The van der Waals surface area contributed by atoms with Crippen molar-refractivity contribution < 1.29 is 4.79 Å². The zero-order chi connectivity index (χ0) is 9.97. The van der Waals surface area contributed by atoms with Gasteiger partial charge in [0.05, 0.1) is 0 Å². The molecule has 2 rings (SSSR count). The van der Waals surface area contributed by atoms with Gasteiger partial charge >= 0.3 is 0 Å². The quantitative estimate of drug-likeness (QED) is 0.810. The molecule has 5 nitrogen and oxygen atoms in total. The average Bonchev–Trinajstić information content (AvgIpc) is 2.88. The standard InChI is InChI=1S/C8H12N4OS.ClH/c9-3-6(5-1-2-5)10-8(13)7-4-14-12-11-7;/h4-6H,1-3,9H2,(H,10,13);1H. The van der Waals surface area contributed by atoms with E-state index in [1.165, 1.54) is 11.5 Å². The highest BCUT2D eigenvalue weighted by Crippen LogP contribution is 2.32. The normalized spacial score (nSPS) is 16.6. The highest BCUT2D eigenvalue weighted by atomic mass is 35.5. The predicted octanol–water partition coefficient (Wildman–Crippen LogP) is 0.427. The molecule has 0 aliphatic heterocycles. The first kappa shape index (κ1) is 12.4. The van der Waals surface area contributed by atoms with E-state index >= 15 is 0 Å². The van der Waals surface area contributed by atoms with Crippen LogP contribution in [0, 0.1) is 5.92 Å². The number of nitrogens with one attached hydrogen (secondary N) is 1. The Morgan fingerprint density at radius 2 is 2.47 bits per heavy atom. The van der Waals surface area contributed by atoms with E-state index in [-0.39, 0.29) is 24.4 Å². The number of nitrogens with two attached hydrogens (primary N) is 1. The minimum atomic E-state index is -0.166. The Labute approximate surface area is 98.0 Å². The van der Waals surface area contributed by atoms with E-state index in [4.69, 9.17) is 5.73 Å². The van der Waals surface area contributed by atoms with Gasteiger partial charge in [0.15, 0.2) is 5.69 Å². The second-order valence-corrected chi connectivity index (χ2v) is 4.05. The number of nitrogens with zero attached hydrogens (tertiary/aromatic N) is 2. The highest BCUT2D eigenvalue weighted by molar-refractivity contribution is 7.03. The molecule has 1 heterocycles. The SMILES string of the molecule is Cl.NCC(NC(=O)c1csnn1)C1CC1. The topological polar surface area (TPSA) is 80.9 Å². The number of hydrogen-bond donors (Lipinski definition) is 2. The lowest BCUT2D eigenvalue weighted by atomic mass is 10.2. The summed E-state index contributed by atoms with van der Waals surface area (Å²) in [5.74, 6) is 0.400. The summed E-state index contributed by atoms with van der Waals surface area (Å²) in [7, 11) is 0. The predicted molar refractivity (Wildman–Crippen MR) is 60.2 cm³/mol. The molecular formula is C8H13ClN4OS. The van der Waals surface area contributed by atoms with Crippen molar-refractivity contribution in [2.45, 2.75) is 18.9 Å². The van der Waals surface area contributed by atoms with Crippen molar-refractivity contribution in [3.8, 4) is 0 Å². The maximum absolute atomic E-state index is 11.5. The molecule has 1 unspecified atom stereocenters. The molecule has 0 bridgehead atoms. The summed E-state index contributed by atoms with van der Waals surface area (Å²) in [6.45, 7) is 0.494. The number of amides is 1. The molecule has 0 spiro atoms. The molecule has 1 amide bonds. The maximum Gasteiger partial charge on any atom is 0.273 e. The number of hydrogen-bond acceptors (Lipinski definition) is 5. The van der Waals surface area contributed by atoms with E-state index in [1.54, 1.807) is 5.38 Å². The van der Waals surface area contributed by atoms with Crippen molar-refractivity contribution in [3.63, 3.8) is 0 Å². The highest BCUT2D eigenvalue weighted by Gasteiger charge is 2.31. The summed E-state index contributed by atoms with van der Waals surface area (Å²) in [4.78, 5) is 11.5. The van der Waals surface area contributed by atoms with Crippen molar-refractivity contribution in [1.29, 1.82) is 0 Å². The Morgan fingerprint density at radius 1 is 1.73 bits per heavy atom. The lowest BCUT2D eigenvalue weighted by Crippen LogP contribution is -2.41. The fourth-order valence-corrected chi connectivity index (χ4v) is 1.81. The van der Waals surface area contributed by atoms with Crippen LogP contribution in [0.1, 0.15) is 23.3 Å². The van der Waals surface area contributed by atoms with Crippen LogP contribution in [0.25, 0.3) is 0 Å². The van der Waals surface area contributed by atoms with Gasteiger partial charge in [-0.2, -0.15) is 0 Å². The molecule has 1 aromatic rings. The second kappa shape index (κ2) is 5.39. The van der Waals surface area contributed by atoms with Crippen LogP contribution in [0.3, 0.4) is 0 Å². The van der Waals surface area contributed by atoms with Crippen LogP contribution in [0.15, 0.2) is 5.38 Å². The van der Waals surface area contributed by atoms with Crippen LogP contribution < -0.4 is 11.1 Å². The molecule has 7 heteroatoms. The van der Waals surface area contributed by atoms with Crippen LogP contribution in [-0.2, 0) is 0 Å². The van der Waals surface area contributed by atoms with Gasteiger partial charge < -0.3 is 11.1 Å². The maximum atomic E-state index is 11.5. The van der Waals surface area contributed by atoms with Crippen LogP contribution >= 0.6 is 23.9 Å². The first-order valence-corrected chi connectivity index (χ1v) is 5.43. The molecule has 0 radical (unpaired) electrons. The van der Waals surface area contributed by atoms with E-state index in [2.05, 4.69) is 14.9 Å². The molecule has 1 aliphatic carbocycles. The zero-order valence-corrected chi connectivity index (χ0v) is 9.68. The van der Waals surface area contributed by atoms with E-state index in [0.29, 0.717) is 18.2 Å². The third-order valence-corrected chi connectivity index (χ3v) is 2.86. The first-order valence-electron chi connectivity index (χ1n) is 4.59. The van der Waals surface area contributed by atoms with Crippen molar-refractivity contribution >= 4 is 29.8 Å². The number of aromatic nitrogens is 2. The third kappa shape index (κ3) is 3.12.